The van der Waals surface area contributed by atoms with Crippen LogP contribution >= 0.6 is 0 Å². The summed E-state index contributed by atoms with van der Waals surface area (Å²) in [6, 6.07) is -0.218. The number of carbonyl (C=O) groups excluding carboxylic acids is 1. The van der Waals surface area contributed by atoms with Gasteiger partial charge in [0.2, 0.25) is 0 Å². The average molecular weight is 213 g/mol. The second-order valence-electron chi connectivity index (χ2n) is 4.35. The topological polar surface area (TPSA) is 43.1 Å². The number of rotatable bonds is 10. The maximum Gasteiger partial charge on any atom is 0.149 e. The normalized spacial score (nSPS) is 12.7. The van der Waals surface area contributed by atoms with E-state index in [0.29, 0.717) is 6.42 Å². The second-order valence-corrected chi connectivity index (χ2v) is 4.35. The van der Waals surface area contributed by atoms with Gasteiger partial charge in [0.15, 0.2) is 0 Å². The molecule has 0 saturated carbocycles. The number of unbranched alkanes of at least 4 members (excludes halogenated alkanes) is 6. The van der Waals surface area contributed by atoms with E-state index in [1.807, 2.05) is 6.92 Å². The fraction of sp³-hybridized carbons (Fsp3) is 0.923. The predicted octanol–water partition coefficient (Wildman–Crippen LogP) is 3.43. The van der Waals surface area contributed by atoms with Crippen LogP contribution in [0, 0.1) is 0 Å². The number of hydrogen-bond donors (Lipinski definition) is 1. The van der Waals surface area contributed by atoms with Gasteiger partial charge in [-0.1, -0.05) is 52.4 Å². The smallest absolute Gasteiger partial charge is 0.149 e. The Labute approximate surface area is 94.6 Å². The Morgan fingerprint density at radius 3 is 2.07 bits per heavy atom. The van der Waals surface area contributed by atoms with Crippen LogP contribution in [0.15, 0.2) is 0 Å². The summed E-state index contributed by atoms with van der Waals surface area (Å²) in [7, 11) is 0. The molecule has 0 aromatic carbocycles. The maximum absolute atomic E-state index is 11.4. The third-order valence-corrected chi connectivity index (χ3v) is 2.88. The van der Waals surface area contributed by atoms with E-state index in [4.69, 9.17) is 5.73 Å². The van der Waals surface area contributed by atoms with E-state index in [2.05, 4.69) is 6.92 Å². The first-order valence-corrected chi connectivity index (χ1v) is 6.50. The van der Waals surface area contributed by atoms with E-state index in [1.54, 1.807) is 0 Å². The molecule has 0 saturated heterocycles. The molecule has 0 rings (SSSR count). The fourth-order valence-electron chi connectivity index (χ4n) is 1.67. The molecule has 0 aliphatic heterocycles. The van der Waals surface area contributed by atoms with Crippen molar-refractivity contribution in [1.82, 2.24) is 0 Å². The van der Waals surface area contributed by atoms with Crippen LogP contribution in [-0.4, -0.2) is 11.8 Å². The highest BCUT2D eigenvalue weighted by molar-refractivity contribution is 5.83. The molecular weight excluding hydrogens is 186 g/mol. The summed E-state index contributed by atoms with van der Waals surface area (Å²) in [6.45, 7) is 4.19. The van der Waals surface area contributed by atoms with Gasteiger partial charge in [-0.2, -0.15) is 0 Å². The molecule has 2 nitrogen and oxygen atoms in total. The van der Waals surface area contributed by atoms with Gasteiger partial charge in [-0.25, -0.2) is 0 Å². The van der Waals surface area contributed by atoms with Crippen molar-refractivity contribution in [3.63, 3.8) is 0 Å². The predicted molar refractivity (Wildman–Crippen MR) is 65.9 cm³/mol. The Morgan fingerprint density at radius 1 is 1.00 bits per heavy atom. The minimum Gasteiger partial charge on any atom is -0.322 e. The standard InChI is InChI=1S/C13H27NO/c1-3-5-6-7-8-9-10-11-13(15)12(14)4-2/h12H,3-11,14H2,1-2H3. The largest absolute Gasteiger partial charge is 0.322 e. The van der Waals surface area contributed by atoms with E-state index >= 15 is 0 Å². The summed E-state index contributed by atoms with van der Waals surface area (Å²) >= 11 is 0. The summed E-state index contributed by atoms with van der Waals surface area (Å²) in [5.41, 5.74) is 5.65. The summed E-state index contributed by atoms with van der Waals surface area (Å²) in [5.74, 6) is 0.242. The Hall–Kier alpha value is -0.370. The lowest BCUT2D eigenvalue weighted by molar-refractivity contribution is -0.120. The lowest BCUT2D eigenvalue weighted by Crippen LogP contribution is -2.29. The summed E-state index contributed by atoms with van der Waals surface area (Å²) < 4.78 is 0. The minimum atomic E-state index is -0.218. The van der Waals surface area contributed by atoms with Crippen LogP contribution in [-0.2, 0) is 4.79 Å². The van der Waals surface area contributed by atoms with Gasteiger partial charge in [0.1, 0.15) is 5.78 Å². The fourth-order valence-corrected chi connectivity index (χ4v) is 1.67. The average Bonchev–Trinajstić information content (AvgIpc) is 2.26. The molecule has 0 heterocycles. The van der Waals surface area contributed by atoms with Crippen molar-refractivity contribution in [2.24, 2.45) is 5.73 Å². The molecule has 0 bridgehead atoms. The third kappa shape index (κ3) is 8.61. The van der Waals surface area contributed by atoms with Crippen LogP contribution in [0.5, 0.6) is 0 Å². The highest BCUT2D eigenvalue weighted by atomic mass is 16.1. The zero-order valence-corrected chi connectivity index (χ0v) is 10.4. The molecule has 0 fully saturated rings. The number of carbonyl (C=O) groups is 1. The van der Waals surface area contributed by atoms with Gasteiger partial charge in [-0.3, -0.25) is 4.79 Å². The van der Waals surface area contributed by atoms with Gasteiger partial charge in [-0.05, 0) is 12.8 Å². The number of ketones is 1. The molecule has 15 heavy (non-hydrogen) atoms. The maximum atomic E-state index is 11.4. The molecular formula is C13H27NO. The van der Waals surface area contributed by atoms with Gasteiger partial charge in [0.05, 0.1) is 6.04 Å². The molecule has 0 aromatic rings. The monoisotopic (exact) mass is 213 g/mol. The Bertz CT molecular complexity index is 157. The summed E-state index contributed by atoms with van der Waals surface area (Å²) in [6.07, 6.45) is 10.3. The molecule has 2 heteroatoms. The van der Waals surface area contributed by atoms with Crippen LogP contribution in [0.1, 0.15) is 71.6 Å². The first-order valence-electron chi connectivity index (χ1n) is 6.50. The summed E-state index contributed by atoms with van der Waals surface area (Å²) in [4.78, 5) is 11.4. The van der Waals surface area contributed by atoms with Crippen LogP contribution in [0.4, 0.5) is 0 Å². The lowest BCUT2D eigenvalue weighted by Gasteiger charge is -2.06. The Morgan fingerprint density at radius 2 is 1.53 bits per heavy atom. The molecule has 1 unspecified atom stereocenters. The van der Waals surface area contributed by atoms with Crippen molar-refractivity contribution in [1.29, 1.82) is 0 Å². The zero-order chi connectivity index (χ0) is 11.5. The zero-order valence-electron chi connectivity index (χ0n) is 10.4. The number of nitrogens with two attached hydrogens (primary N) is 1. The molecule has 0 aliphatic carbocycles. The van der Waals surface area contributed by atoms with Crippen molar-refractivity contribution in [2.75, 3.05) is 0 Å². The van der Waals surface area contributed by atoms with Gasteiger partial charge >= 0.3 is 0 Å². The van der Waals surface area contributed by atoms with Crippen molar-refractivity contribution >= 4 is 5.78 Å². The highest BCUT2D eigenvalue weighted by Crippen LogP contribution is 2.09. The molecule has 0 spiro atoms. The van der Waals surface area contributed by atoms with Crippen LogP contribution in [0.2, 0.25) is 0 Å². The van der Waals surface area contributed by atoms with Crippen molar-refractivity contribution in [3.8, 4) is 0 Å². The van der Waals surface area contributed by atoms with Crippen LogP contribution < -0.4 is 5.73 Å². The lowest BCUT2D eigenvalue weighted by atomic mass is 10.0. The van der Waals surface area contributed by atoms with Crippen molar-refractivity contribution < 1.29 is 4.79 Å². The first kappa shape index (κ1) is 14.6. The Balaban J connectivity index is 3.20. The molecule has 0 aromatic heterocycles. The van der Waals surface area contributed by atoms with Gasteiger partial charge in [-0.15, -0.1) is 0 Å². The molecule has 0 radical (unpaired) electrons. The van der Waals surface area contributed by atoms with E-state index in [0.717, 1.165) is 12.8 Å². The first-order chi connectivity index (χ1) is 7.22. The van der Waals surface area contributed by atoms with E-state index < -0.39 is 0 Å². The quantitative estimate of drug-likeness (QED) is 0.565. The molecule has 0 aliphatic rings. The van der Waals surface area contributed by atoms with Crippen LogP contribution in [0.25, 0.3) is 0 Å². The van der Waals surface area contributed by atoms with E-state index in [1.165, 1.54) is 38.5 Å². The minimum absolute atomic E-state index is 0.218. The van der Waals surface area contributed by atoms with Gasteiger partial charge in [0.25, 0.3) is 0 Å². The van der Waals surface area contributed by atoms with E-state index in [9.17, 15) is 4.79 Å². The van der Waals surface area contributed by atoms with Crippen molar-refractivity contribution in [3.05, 3.63) is 0 Å². The van der Waals surface area contributed by atoms with Crippen LogP contribution in [0.3, 0.4) is 0 Å². The highest BCUT2D eigenvalue weighted by Gasteiger charge is 2.09. The second kappa shape index (κ2) is 10.2. The SMILES string of the molecule is CCCCCCCCCC(=O)C(N)CC. The number of Topliss-reactive ketones (excluding diaryl/α,β-unsaturated/α-hetero) is 1. The number of hydrogen-bond acceptors (Lipinski definition) is 2. The summed E-state index contributed by atoms with van der Waals surface area (Å²) in [5, 5.41) is 0. The van der Waals surface area contributed by atoms with Crippen molar-refractivity contribution in [2.45, 2.75) is 77.7 Å². The van der Waals surface area contributed by atoms with Gasteiger partial charge in [0, 0.05) is 6.42 Å². The van der Waals surface area contributed by atoms with E-state index in [-0.39, 0.29) is 11.8 Å². The van der Waals surface area contributed by atoms with Gasteiger partial charge < -0.3 is 5.73 Å². The third-order valence-electron chi connectivity index (χ3n) is 2.88. The molecule has 1 atom stereocenters. The molecule has 2 N–H and O–H groups in total. The molecule has 0 amide bonds. The Kier molecular flexibility index (Phi) is 9.91. The molecule has 90 valence electrons.